The Morgan fingerprint density at radius 1 is 1.53 bits per heavy atom. The van der Waals surface area contributed by atoms with Crippen LogP contribution in [0.15, 0.2) is 6.20 Å². The second-order valence-corrected chi connectivity index (χ2v) is 4.66. The summed E-state index contributed by atoms with van der Waals surface area (Å²) in [6, 6.07) is 0. The highest BCUT2D eigenvalue weighted by Crippen LogP contribution is 2.34. The lowest BCUT2D eigenvalue weighted by Gasteiger charge is -2.24. The van der Waals surface area contributed by atoms with Gasteiger partial charge in [0, 0.05) is 18.7 Å². The fourth-order valence-electron chi connectivity index (χ4n) is 2.44. The number of aromatic nitrogens is 3. The Balaban J connectivity index is 2.01. The maximum Gasteiger partial charge on any atom is 0.0858 e. The van der Waals surface area contributed by atoms with Crippen LogP contribution in [-0.4, -0.2) is 21.5 Å². The summed E-state index contributed by atoms with van der Waals surface area (Å²) < 4.78 is 1.86. The number of nitrogens with two attached hydrogens (primary N) is 1. The molecule has 2 rings (SSSR count). The number of hydrogen-bond donors (Lipinski definition) is 1. The Morgan fingerprint density at radius 3 is 3.13 bits per heavy atom. The Labute approximate surface area is 90.8 Å². The van der Waals surface area contributed by atoms with Crippen LogP contribution in [0.3, 0.4) is 0 Å². The number of nitrogens with zero attached hydrogens (tertiary/aromatic N) is 3. The molecule has 1 fully saturated rings. The van der Waals surface area contributed by atoms with Crippen molar-refractivity contribution in [2.45, 2.75) is 45.1 Å². The Kier molecular flexibility index (Phi) is 3.36. The van der Waals surface area contributed by atoms with Crippen molar-refractivity contribution in [2.75, 3.05) is 6.54 Å². The minimum absolute atomic E-state index is 0.625. The predicted molar refractivity (Wildman–Crippen MR) is 59.4 cm³/mol. The first kappa shape index (κ1) is 10.6. The molecule has 0 aliphatic heterocycles. The topological polar surface area (TPSA) is 56.7 Å². The quantitative estimate of drug-likeness (QED) is 0.819. The molecule has 4 nitrogen and oxygen atoms in total. The van der Waals surface area contributed by atoms with Crippen LogP contribution in [0, 0.1) is 5.92 Å². The molecule has 84 valence electrons. The van der Waals surface area contributed by atoms with Gasteiger partial charge >= 0.3 is 0 Å². The summed E-state index contributed by atoms with van der Waals surface area (Å²) in [6.07, 6.45) is 7.30. The zero-order chi connectivity index (χ0) is 10.7. The van der Waals surface area contributed by atoms with Crippen LogP contribution >= 0.6 is 0 Å². The van der Waals surface area contributed by atoms with Gasteiger partial charge in [-0.05, 0) is 18.8 Å². The molecule has 0 bridgehead atoms. The maximum absolute atomic E-state index is 5.48. The van der Waals surface area contributed by atoms with E-state index in [0.717, 1.165) is 18.2 Å². The molecule has 1 heterocycles. The second kappa shape index (κ2) is 4.75. The highest BCUT2D eigenvalue weighted by molar-refractivity contribution is 5.03. The highest BCUT2D eigenvalue weighted by Gasteiger charge is 2.22. The molecule has 0 aromatic carbocycles. The lowest BCUT2D eigenvalue weighted by atomic mass is 9.81. The van der Waals surface area contributed by atoms with Gasteiger partial charge in [-0.25, -0.2) is 0 Å². The van der Waals surface area contributed by atoms with E-state index in [9.17, 15) is 0 Å². The van der Waals surface area contributed by atoms with Gasteiger partial charge in [0.15, 0.2) is 0 Å². The summed E-state index contributed by atoms with van der Waals surface area (Å²) in [5.41, 5.74) is 6.64. The van der Waals surface area contributed by atoms with E-state index in [1.54, 1.807) is 0 Å². The van der Waals surface area contributed by atoms with E-state index in [1.165, 1.54) is 25.7 Å². The third-order valence-corrected chi connectivity index (χ3v) is 3.27. The average molecular weight is 208 g/mol. The fraction of sp³-hybridized carbons (Fsp3) is 0.818. The minimum atomic E-state index is 0.625. The van der Waals surface area contributed by atoms with E-state index < -0.39 is 0 Å². The summed E-state index contributed by atoms with van der Waals surface area (Å²) in [7, 11) is 0. The highest BCUT2D eigenvalue weighted by atomic mass is 15.4. The first-order valence-electron chi connectivity index (χ1n) is 5.89. The zero-order valence-electron chi connectivity index (χ0n) is 9.39. The van der Waals surface area contributed by atoms with E-state index >= 15 is 0 Å². The molecule has 1 aliphatic rings. The summed E-state index contributed by atoms with van der Waals surface area (Å²) in [4.78, 5) is 0. The van der Waals surface area contributed by atoms with Crippen LogP contribution in [0.25, 0.3) is 0 Å². The molecule has 2 atom stereocenters. The van der Waals surface area contributed by atoms with Gasteiger partial charge in [-0.2, -0.15) is 0 Å². The first-order chi connectivity index (χ1) is 7.29. The molecule has 0 amide bonds. The van der Waals surface area contributed by atoms with Gasteiger partial charge in [-0.15, -0.1) is 5.10 Å². The summed E-state index contributed by atoms with van der Waals surface area (Å²) in [5.74, 6) is 1.46. The zero-order valence-corrected chi connectivity index (χ0v) is 9.39. The van der Waals surface area contributed by atoms with E-state index in [0.29, 0.717) is 12.5 Å². The molecule has 0 saturated heterocycles. The summed E-state index contributed by atoms with van der Waals surface area (Å²) in [5, 5.41) is 8.34. The molecule has 4 heteroatoms. The average Bonchev–Trinajstić information content (AvgIpc) is 2.67. The van der Waals surface area contributed by atoms with Crippen LogP contribution in [-0.2, 0) is 6.54 Å². The largest absolute Gasteiger partial charge is 0.329 e. The third-order valence-electron chi connectivity index (χ3n) is 3.27. The van der Waals surface area contributed by atoms with Crippen LogP contribution in [0.2, 0.25) is 0 Å². The molecule has 1 aliphatic carbocycles. The Morgan fingerprint density at radius 2 is 2.40 bits per heavy atom. The molecule has 0 radical (unpaired) electrons. The van der Waals surface area contributed by atoms with Crippen LogP contribution in [0.1, 0.15) is 44.2 Å². The third kappa shape index (κ3) is 2.56. The summed E-state index contributed by atoms with van der Waals surface area (Å²) >= 11 is 0. The predicted octanol–water partition coefficient (Wildman–Crippen LogP) is 1.53. The van der Waals surface area contributed by atoms with Crippen molar-refractivity contribution in [1.82, 2.24) is 15.0 Å². The van der Waals surface area contributed by atoms with Crippen molar-refractivity contribution in [3.8, 4) is 0 Å². The fourth-order valence-corrected chi connectivity index (χ4v) is 2.44. The van der Waals surface area contributed by atoms with Crippen molar-refractivity contribution in [1.29, 1.82) is 0 Å². The van der Waals surface area contributed by atoms with Gasteiger partial charge in [0.1, 0.15) is 0 Å². The smallest absolute Gasteiger partial charge is 0.0858 e. The Hall–Kier alpha value is -0.900. The van der Waals surface area contributed by atoms with Crippen molar-refractivity contribution in [3.05, 3.63) is 11.9 Å². The van der Waals surface area contributed by atoms with Crippen LogP contribution in [0.4, 0.5) is 0 Å². The molecule has 1 aromatic rings. The van der Waals surface area contributed by atoms with E-state index in [4.69, 9.17) is 5.73 Å². The monoisotopic (exact) mass is 208 g/mol. The standard InChI is InChI=1S/C11H20N4/c1-9-3-2-4-10(7-9)11-8-15(6-5-12)14-13-11/h8-10H,2-7,12H2,1H3. The normalized spacial score (nSPS) is 26.8. The Bertz CT molecular complexity index is 307. The molecule has 2 unspecified atom stereocenters. The van der Waals surface area contributed by atoms with Crippen molar-refractivity contribution in [3.63, 3.8) is 0 Å². The lowest BCUT2D eigenvalue weighted by Crippen LogP contribution is -2.12. The maximum atomic E-state index is 5.48. The first-order valence-corrected chi connectivity index (χ1v) is 5.89. The van der Waals surface area contributed by atoms with Crippen LogP contribution in [0.5, 0.6) is 0 Å². The second-order valence-electron chi connectivity index (χ2n) is 4.66. The molecule has 15 heavy (non-hydrogen) atoms. The van der Waals surface area contributed by atoms with Gasteiger partial charge in [0.25, 0.3) is 0 Å². The number of hydrogen-bond acceptors (Lipinski definition) is 3. The van der Waals surface area contributed by atoms with E-state index in [1.807, 2.05) is 4.68 Å². The molecule has 1 saturated carbocycles. The molecular formula is C11H20N4. The van der Waals surface area contributed by atoms with E-state index in [-0.39, 0.29) is 0 Å². The van der Waals surface area contributed by atoms with Gasteiger partial charge in [0.05, 0.1) is 12.2 Å². The van der Waals surface area contributed by atoms with Gasteiger partial charge in [-0.1, -0.05) is 25.0 Å². The van der Waals surface area contributed by atoms with Crippen molar-refractivity contribution < 1.29 is 0 Å². The van der Waals surface area contributed by atoms with E-state index in [2.05, 4.69) is 23.4 Å². The molecule has 1 aromatic heterocycles. The summed E-state index contributed by atoms with van der Waals surface area (Å²) in [6.45, 7) is 3.73. The molecule has 2 N–H and O–H groups in total. The van der Waals surface area contributed by atoms with Crippen molar-refractivity contribution >= 4 is 0 Å². The SMILES string of the molecule is CC1CCCC(c2cn(CCN)nn2)C1. The molecule has 0 spiro atoms. The molecular weight excluding hydrogens is 188 g/mol. The van der Waals surface area contributed by atoms with Gasteiger partial charge in [0.2, 0.25) is 0 Å². The lowest BCUT2D eigenvalue weighted by molar-refractivity contribution is 0.340. The van der Waals surface area contributed by atoms with Crippen LogP contribution < -0.4 is 5.73 Å². The van der Waals surface area contributed by atoms with Gasteiger partial charge < -0.3 is 5.73 Å². The van der Waals surface area contributed by atoms with Gasteiger partial charge in [-0.3, -0.25) is 4.68 Å². The number of rotatable bonds is 3. The van der Waals surface area contributed by atoms with Crippen molar-refractivity contribution in [2.24, 2.45) is 11.7 Å². The minimum Gasteiger partial charge on any atom is -0.329 e.